The van der Waals surface area contributed by atoms with Crippen LogP contribution in [0.25, 0.3) is 0 Å². The Bertz CT molecular complexity index is 328. The van der Waals surface area contributed by atoms with E-state index in [1.165, 1.54) is 0 Å². The van der Waals surface area contributed by atoms with Gasteiger partial charge in [-0.15, -0.1) is 10.2 Å². The minimum absolute atomic E-state index is 0.354. The van der Waals surface area contributed by atoms with Crippen molar-refractivity contribution in [2.75, 3.05) is 13.1 Å². The summed E-state index contributed by atoms with van der Waals surface area (Å²) in [6, 6.07) is 0. The van der Waals surface area contributed by atoms with Crippen molar-refractivity contribution in [1.29, 1.82) is 0 Å². The molecular formula is C10H18N4O. The average Bonchev–Trinajstić information content (AvgIpc) is 2.76. The summed E-state index contributed by atoms with van der Waals surface area (Å²) in [5, 5.41) is 21.0. The minimum atomic E-state index is -0.354. The predicted molar refractivity (Wildman–Crippen MR) is 56.7 cm³/mol. The van der Waals surface area contributed by atoms with Gasteiger partial charge in [0.1, 0.15) is 11.6 Å². The lowest BCUT2D eigenvalue weighted by molar-refractivity contribution is 0.170. The molecule has 0 amide bonds. The molecule has 5 nitrogen and oxygen atoms in total. The van der Waals surface area contributed by atoms with Gasteiger partial charge < -0.3 is 15.0 Å². The van der Waals surface area contributed by atoms with Crippen molar-refractivity contribution >= 4 is 0 Å². The van der Waals surface area contributed by atoms with E-state index in [0.717, 1.165) is 31.2 Å². The smallest absolute Gasteiger partial charge is 0.137 e. The van der Waals surface area contributed by atoms with Gasteiger partial charge in [-0.3, -0.25) is 0 Å². The van der Waals surface area contributed by atoms with E-state index in [4.69, 9.17) is 0 Å². The van der Waals surface area contributed by atoms with Crippen LogP contribution in [-0.4, -0.2) is 39.1 Å². The number of nitrogens with zero attached hydrogens (tertiary/aromatic N) is 3. The molecule has 0 aromatic carbocycles. The van der Waals surface area contributed by atoms with Crippen LogP contribution in [0.2, 0.25) is 0 Å². The van der Waals surface area contributed by atoms with Crippen LogP contribution in [-0.2, 0) is 6.54 Å². The lowest BCUT2D eigenvalue weighted by atomic mass is 10.1. The fourth-order valence-electron chi connectivity index (χ4n) is 2.06. The van der Waals surface area contributed by atoms with E-state index >= 15 is 0 Å². The van der Waals surface area contributed by atoms with Crippen LogP contribution in [0.15, 0.2) is 0 Å². The molecule has 5 heteroatoms. The largest absolute Gasteiger partial charge is 0.392 e. The Morgan fingerprint density at radius 1 is 1.60 bits per heavy atom. The maximum absolute atomic E-state index is 9.42. The molecule has 2 N–H and O–H groups in total. The molecule has 1 saturated heterocycles. The summed E-state index contributed by atoms with van der Waals surface area (Å²) in [4.78, 5) is 0. The van der Waals surface area contributed by atoms with Crippen LogP contribution in [0, 0.1) is 6.92 Å². The highest BCUT2D eigenvalue weighted by molar-refractivity contribution is 5.04. The van der Waals surface area contributed by atoms with Crippen molar-refractivity contribution in [1.82, 2.24) is 20.1 Å². The molecule has 1 aliphatic heterocycles. The van der Waals surface area contributed by atoms with Crippen molar-refractivity contribution in [3.63, 3.8) is 0 Å². The zero-order chi connectivity index (χ0) is 10.8. The number of aryl methyl sites for hydroxylation is 1. The van der Waals surface area contributed by atoms with Gasteiger partial charge in [0.25, 0.3) is 0 Å². The SMILES string of the molecule is Cc1nnc(C2CCNC2)n1CC(C)O. The molecular weight excluding hydrogens is 192 g/mol. The predicted octanol–water partition coefficient (Wildman–Crippen LogP) is 0.0442. The number of rotatable bonds is 3. The van der Waals surface area contributed by atoms with Crippen molar-refractivity contribution in [3.05, 3.63) is 11.6 Å². The van der Waals surface area contributed by atoms with Crippen molar-refractivity contribution in [3.8, 4) is 0 Å². The Labute approximate surface area is 89.5 Å². The van der Waals surface area contributed by atoms with Crippen molar-refractivity contribution < 1.29 is 5.11 Å². The first-order valence-electron chi connectivity index (χ1n) is 5.47. The number of aliphatic hydroxyl groups excluding tert-OH is 1. The lowest BCUT2D eigenvalue weighted by Crippen LogP contribution is -2.18. The molecule has 84 valence electrons. The van der Waals surface area contributed by atoms with Gasteiger partial charge >= 0.3 is 0 Å². The summed E-state index contributed by atoms with van der Waals surface area (Å²) >= 11 is 0. The molecule has 1 aromatic heterocycles. The number of aromatic nitrogens is 3. The first kappa shape index (κ1) is 10.6. The van der Waals surface area contributed by atoms with Crippen molar-refractivity contribution in [2.24, 2.45) is 0 Å². The molecule has 1 fully saturated rings. The molecule has 15 heavy (non-hydrogen) atoms. The zero-order valence-corrected chi connectivity index (χ0v) is 9.27. The fourth-order valence-corrected chi connectivity index (χ4v) is 2.06. The van der Waals surface area contributed by atoms with E-state index in [0.29, 0.717) is 12.5 Å². The Hall–Kier alpha value is -0.940. The van der Waals surface area contributed by atoms with Crippen LogP contribution >= 0.6 is 0 Å². The standard InChI is InChI=1S/C10H18N4O/c1-7(15)6-14-8(2)12-13-10(14)9-3-4-11-5-9/h7,9,11,15H,3-6H2,1-2H3. The molecule has 2 unspecified atom stereocenters. The topological polar surface area (TPSA) is 63.0 Å². The van der Waals surface area contributed by atoms with Gasteiger partial charge in [-0.05, 0) is 26.8 Å². The minimum Gasteiger partial charge on any atom is -0.392 e. The van der Waals surface area contributed by atoms with Crippen LogP contribution in [0.5, 0.6) is 0 Å². The van der Waals surface area contributed by atoms with Gasteiger partial charge in [-0.2, -0.15) is 0 Å². The first-order valence-corrected chi connectivity index (χ1v) is 5.47. The maximum Gasteiger partial charge on any atom is 0.137 e. The molecule has 2 rings (SSSR count). The Morgan fingerprint density at radius 3 is 3.00 bits per heavy atom. The Kier molecular flexibility index (Phi) is 3.02. The van der Waals surface area contributed by atoms with Crippen LogP contribution in [0.3, 0.4) is 0 Å². The normalized spacial score (nSPS) is 23.3. The number of nitrogens with one attached hydrogen (secondary N) is 1. The highest BCUT2D eigenvalue weighted by Gasteiger charge is 2.23. The molecule has 0 radical (unpaired) electrons. The van der Waals surface area contributed by atoms with E-state index in [1.54, 1.807) is 6.92 Å². The van der Waals surface area contributed by atoms with Gasteiger partial charge in [-0.25, -0.2) is 0 Å². The first-order chi connectivity index (χ1) is 7.18. The molecule has 0 bridgehead atoms. The molecule has 0 saturated carbocycles. The second-order valence-electron chi connectivity index (χ2n) is 4.25. The highest BCUT2D eigenvalue weighted by Crippen LogP contribution is 2.21. The van der Waals surface area contributed by atoms with Crippen molar-refractivity contribution in [2.45, 2.75) is 38.8 Å². The molecule has 1 aromatic rings. The van der Waals surface area contributed by atoms with E-state index in [1.807, 2.05) is 11.5 Å². The van der Waals surface area contributed by atoms with Crippen LogP contribution in [0.1, 0.15) is 30.9 Å². The Morgan fingerprint density at radius 2 is 2.40 bits per heavy atom. The van der Waals surface area contributed by atoms with Gasteiger partial charge in [0.2, 0.25) is 0 Å². The van der Waals surface area contributed by atoms with E-state index in [-0.39, 0.29) is 6.10 Å². The highest BCUT2D eigenvalue weighted by atomic mass is 16.3. The summed E-state index contributed by atoms with van der Waals surface area (Å²) in [5.74, 6) is 2.35. The van der Waals surface area contributed by atoms with E-state index < -0.39 is 0 Å². The molecule has 0 aliphatic carbocycles. The second-order valence-corrected chi connectivity index (χ2v) is 4.25. The third-order valence-corrected chi connectivity index (χ3v) is 2.84. The Balaban J connectivity index is 2.22. The number of aliphatic hydroxyl groups is 1. The van der Waals surface area contributed by atoms with E-state index in [2.05, 4.69) is 15.5 Å². The molecule has 1 aliphatic rings. The van der Waals surface area contributed by atoms with Crippen LogP contribution in [0.4, 0.5) is 0 Å². The fraction of sp³-hybridized carbons (Fsp3) is 0.800. The lowest BCUT2D eigenvalue weighted by Gasteiger charge is -2.13. The van der Waals surface area contributed by atoms with E-state index in [9.17, 15) is 5.11 Å². The summed E-state index contributed by atoms with van der Waals surface area (Å²) in [7, 11) is 0. The quantitative estimate of drug-likeness (QED) is 0.739. The second kappa shape index (κ2) is 4.28. The monoisotopic (exact) mass is 210 g/mol. The summed E-state index contributed by atoms with van der Waals surface area (Å²) in [5.41, 5.74) is 0. The van der Waals surface area contributed by atoms with Gasteiger partial charge in [-0.1, -0.05) is 0 Å². The molecule has 0 spiro atoms. The third kappa shape index (κ3) is 2.18. The summed E-state index contributed by atoms with van der Waals surface area (Å²) < 4.78 is 2.03. The average molecular weight is 210 g/mol. The third-order valence-electron chi connectivity index (χ3n) is 2.84. The number of hydrogen-bond acceptors (Lipinski definition) is 4. The van der Waals surface area contributed by atoms with Gasteiger partial charge in [0, 0.05) is 12.5 Å². The maximum atomic E-state index is 9.42. The van der Waals surface area contributed by atoms with Crippen LogP contribution < -0.4 is 5.32 Å². The summed E-state index contributed by atoms with van der Waals surface area (Å²) in [6.07, 6.45) is 0.755. The summed E-state index contributed by atoms with van der Waals surface area (Å²) in [6.45, 7) is 6.32. The molecule has 2 heterocycles. The molecule has 2 atom stereocenters. The number of hydrogen-bond donors (Lipinski definition) is 2. The van der Waals surface area contributed by atoms with Gasteiger partial charge in [0.05, 0.1) is 12.6 Å². The zero-order valence-electron chi connectivity index (χ0n) is 9.27. The van der Waals surface area contributed by atoms with Gasteiger partial charge in [0.15, 0.2) is 0 Å².